The highest BCUT2D eigenvalue weighted by Gasteiger charge is 2.28. The first-order chi connectivity index (χ1) is 14.5. The number of aromatic carboxylic acids is 1. The lowest BCUT2D eigenvalue weighted by atomic mass is 10.2. The molecule has 0 aliphatic rings. The number of hydrogen-bond donors (Lipinski definition) is 1. The van der Waals surface area contributed by atoms with E-state index < -0.39 is 23.6 Å². The number of carboxylic acids is 1. The number of esters is 1. The van der Waals surface area contributed by atoms with Gasteiger partial charge in [-0.1, -0.05) is 29.5 Å². The van der Waals surface area contributed by atoms with Gasteiger partial charge in [0, 0.05) is 12.7 Å². The summed E-state index contributed by atoms with van der Waals surface area (Å²) < 4.78 is 10.3. The second-order valence-electron chi connectivity index (χ2n) is 7.61. The molecular formula is C21H27N3O6S. The van der Waals surface area contributed by atoms with Gasteiger partial charge in [0.1, 0.15) is 17.0 Å². The molecule has 10 heteroatoms. The highest BCUT2D eigenvalue weighted by atomic mass is 32.1. The maximum absolute atomic E-state index is 12.7. The fourth-order valence-electron chi connectivity index (χ4n) is 2.57. The number of benzene rings is 1. The molecule has 0 aliphatic heterocycles. The summed E-state index contributed by atoms with van der Waals surface area (Å²) in [5, 5.41) is 10.1. The molecule has 0 saturated carbocycles. The predicted octanol–water partition coefficient (Wildman–Crippen LogP) is 3.91. The zero-order chi connectivity index (χ0) is 23.2. The number of thiazole rings is 1. The van der Waals surface area contributed by atoms with Crippen LogP contribution >= 0.6 is 11.3 Å². The van der Waals surface area contributed by atoms with Crippen LogP contribution in [0, 0.1) is 0 Å². The van der Waals surface area contributed by atoms with Crippen molar-refractivity contribution >= 4 is 40.2 Å². The van der Waals surface area contributed by atoms with Crippen LogP contribution in [0.25, 0.3) is 0 Å². The summed E-state index contributed by atoms with van der Waals surface area (Å²) in [7, 11) is 1.77. The topological polar surface area (TPSA) is 109 Å². The van der Waals surface area contributed by atoms with Crippen LogP contribution in [0.15, 0.2) is 30.3 Å². The SMILES string of the molecule is CCOC(=O)CN(Cc1nc(N(C)c2ccccc2)sc1C(=O)O)C(=O)OC(C)(C)C. The van der Waals surface area contributed by atoms with Gasteiger partial charge in [-0.2, -0.15) is 0 Å². The molecular weight excluding hydrogens is 422 g/mol. The summed E-state index contributed by atoms with van der Waals surface area (Å²) in [4.78, 5) is 43.8. The van der Waals surface area contributed by atoms with E-state index in [4.69, 9.17) is 9.47 Å². The van der Waals surface area contributed by atoms with Gasteiger partial charge in [0.05, 0.1) is 18.8 Å². The van der Waals surface area contributed by atoms with Gasteiger partial charge in [-0.25, -0.2) is 14.6 Å². The van der Waals surface area contributed by atoms with E-state index in [0.717, 1.165) is 21.9 Å². The summed E-state index contributed by atoms with van der Waals surface area (Å²) in [5.41, 5.74) is 0.195. The van der Waals surface area contributed by atoms with Crippen molar-refractivity contribution in [2.45, 2.75) is 39.8 Å². The van der Waals surface area contributed by atoms with Crippen molar-refractivity contribution in [1.29, 1.82) is 0 Å². The summed E-state index contributed by atoms with van der Waals surface area (Å²) in [6.07, 6.45) is -0.761. The van der Waals surface area contributed by atoms with E-state index in [0.29, 0.717) is 5.13 Å². The van der Waals surface area contributed by atoms with E-state index in [1.165, 1.54) is 0 Å². The van der Waals surface area contributed by atoms with Crippen LogP contribution in [0.1, 0.15) is 43.1 Å². The number of aromatic nitrogens is 1. The molecule has 0 radical (unpaired) electrons. The molecule has 1 aromatic heterocycles. The summed E-state index contributed by atoms with van der Waals surface area (Å²) >= 11 is 0.987. The molecule has 0 spiro atoms. The maximum Gasteiger partial charge on any atom is 0.411 e. The highest BCUT2D eigenvalue weighted by Crippen LogP contribution is 2.31. The number of hydrogen-bond acceptors (Lipinski definition) is 8. The molecule has 1 amide bonds. The molecule has 1 heterocycles. The van der Waals surface area contributed by atoms with E-state index in [1.807, 2.05) is 30.3 Å². The van der Waals surface area contributed by atoms with E-state index in [2.05, 4.69) is 4.98 Å². The minimum atomic E-state index is -1.17. The quantitative estimate of drug-likeness (QED) is 0.604. The Balaban J connectivity index is 2.35. The number of rotatable bonds is 8. The van der Waals surface area contributed by atoms with Gasteiger partial charge < -0.3 is 19.5 Å². The van der Waals surface area contributed by atoms with Crippen LogP contribution < -0.4 is 4.90 Å². The van der Waals surface area contributed by atoms with Crippen LogP contribution in [0.5, 0.6) is 0 Å². The average Bonchev–Trinajstić information content (AvgIpc) is 3.10. The Morgan fingerprint density at radius 2 is 1.81 bits per heavy atom. The Morgan fingerprint density at radius 3 is 2.35 bits per heavy atom. The van der Waals surface area contributed by atoms with Crippen molar-refractivity contribution < 1.29 is 29.0 Å². The maximum atomic E-state index is 12.7. The van der Waals surface area contributed by atoms with Gasteiger partial charge in [0.15, 0.2) is 5.13 Å². The van der Waals surface area contributed by atoms with Gasteiger partial charge >= 0.3 is 18.0 Å². The largest absolute Gasteiger partial charge is 0.477 e. The summed E-state index contributed by atoms with van der Waals surface area (Å²) in [6.45, 7) is 6.32. The molecule has 31 heavy (non-hydrogen) atoms. The van der Waals surface area contributed by atoms with Crippen molar-refractivity contribution in [3.63, 3.8) is 0 Å². The normalized spacial score (nSPS) is 11.0. The highest BCUT2D eigenvalue weighted by molar-refractivity contribution is 7.17. The number of carbonyl (C=O) groups excluding carboxylic acids is 2. The first kappa shape index (κ1) is 24.1. The number of nitrogens with zero attached hydrogens (tertiary/aromatic N) is 3. The monoisotopic (exact) mass is 449 g/mol. The Hall–Kier alpha value is -3.14. The Bertz CT molecular complexity index is 923. The van der Waals surface area contributed by atoms with Crippen LogP contribution in [0.3, 0.4) is 0 Å². The molecule has 0 aliphatic carbocycles. The Kier molecular flexibility index (Phi) is 7.98. The van der Waals surface area contributed by atoms with E-state index in [-0.39, 0.29) is 30.3 Å². The summed E-state index contributed by atoms with van der Waals surface area (Å²) in [5.74, 6) is -1.79. The summed E-state index contributed by atoms with van der Waals surface area (Å²) in [6, 6.07) is 9.34. The van der Waals surface area contributed by atoms with Crippen molar-refractivity contribution in [2.75, 3.05) is 25.1 Å². The molecule has 1 aromatic carbocycles. The fourth-order valence-corrected chi connectivity index (χ4v) is 3.47. The first-order valence-corrected chi connectivity index (χ1v) is 10.5. The van der Waals surface area contributed by atoms with Crippen molar-refractivity contribution in [2.24, 2.45) is 0 Å². The number of para-hydroxylation sites is 1. The van der Waals surface area contributed by atoms with Crippen LogP contribution in [-0.4, -0.2) is 58.8 Å². The van der Waals surface area contributed by atoms with Gasteiger partial charge in [-0.3, -0.25) is 9.69 Å². The minimum Gasteiger partial charge on any atom is -0.477 e. The molecule has 168 valence electrons. The van der Waals surface area contributed by atoms with Crippen LogP contribution in [0.2, 0.25) is 0 Å². The van der Waals surface area contributed by atoms with Crippen molar-refractivity contribution in [3.05, 3.63) is 40.9 Å². The standard InChI is InChI=1S/C21H27N3O6S/c1-6-29-16(25)13-24(20(28)30-21(2,3)4)12-15-17(18(26)27)31-19(22-15)23(5)14-10-8-7-9-11-14/h7-11H,6,12-13H2,1-5H3,(H,26,27). The van der Waals surface area contributed by atoms with Gasteiger partial charge in [-0.15, -0.1) is 0 Å². The lowest BCUT2D eigenvalue weighted by Gasteiger charge is -2.26. The first-order valence-electron chi connectivity index (χ1n) is 9.67. The molecule has 2 rings (SSSR count). The zero-order valence-electron chi connectivity index (χ0n) is 18.2. The minimum absolute atomic E-state index is 0.0183. The second kappa shape index (κ2) is 10.3. The molecule has 0 saturated heterocycles. The molecule has 0 unspecified atom stereocenters. The van der Waals surface area contributed by atoms with Gasteiger partial charge in [0.2, 0.25) is 0 Å². The molecule has 9 nitrogen and oxygen atoms in total. The molecule has 1 N–H and O–H groups in total. The smallest absolute Gasteiger partial charge is 0.411 e. The Labute approximate surface area is 185 Å². The number of ether oxygens (including phenoxy) is 2. The second-order valence-corrected chi connectivity index (χ2v) is 8.59. The van der Waals surface area contributed by atoms with Gasteiger partial charge in [-0.05, 0) is 39.8 Å². The Morgan fingerprint density at radius 1 is 1.16 bits per heavy atom. The third-order valence-corrected chi connectivity index (χ3v) is 5.09. The zero-order valence-corrected chi connectivity index (χ0v) is 19.1. The molecule has 0 bridgehead atoms. The molecule has 0 fully saturated rings. The number of anilines is 2. The van der Waals surface area contributed by atoms with Crippen LogP contribution in [0.4, 0.5) is 15.6 Å². The van der Waals surface area contributed by atoms with E-state index in [1.54, 1.807) is 39.6 Å². The molecule has 2 aromatic rings. The number of carbonyl (C=O) groups is 3. The lowest BCUT2D eigenvalue weighted by molar-refractivity contribution is -0.144. The third kappa shape index (κ3) is 6.95. The van der Waals surface area contributed by atoms with E-state index in [9.17, 15) is 19.5 Å². The van der Waals surface area contributed by atoms with Crippen molar-refractivity contribution in [3.8, 4) is 0 Å². The van der Waals surface area contributed by atoms with E-state index >= 15 is 0 Å². The predicted molar refractivity (Wildman–Crippen MR) is 117 cm³/mol. The van der Waals surface area contributed by atoms with Gasteiger partial charge in [0.25, 0.3) is 0 Å². The van der Waals surface area contributed by atoms with Crippen molar-refractivity contribution in [1.82, 2.24) is 9.88 Å². The number of amides is 1. The number of carboxylic acid groups (broad SMARTS) is 1. The fraction of sp³-hybridized carbons (Fsp3) is 0.429. The average molecular weight is 450 g/mol. The van der Waals surface area contributed by atoms with Crippen LogP contribution in [-0.2, 0) is 20.8 Å². The lowest BCUT2D eigenvalue weighted by Crippen LogP contribution is -2.40. The molecule has 0 atom stereocenters. The third-order valence-electron chi connectivity index (χ3n) is 3.93.